The van der Waals surface area contributed by atoms with E-state index in [1.54, 1.807) is 6.92 Å². The molecule has 0 saturated heterocycles. The lowest BCUT2D eigenvalue weighted by Gasteiger charge is -2.33. The van der Waals surface area contributed by atoms with Gasteiger partial charge in [-0.3, -0.25) is 4.79 Å². The largest absolute Gasteiger partial charge is 0.434 e. The summed E-state index contributed by atoms with van der Waals surface area (Å²) in [4.78, 5) is 16.0. The Labute approximate surface area is 131 Å². The molecule has 1 atom stereocenters. The van der Waals surface area contributed by atoms with E-state index in [9.17, 15) is 18.0 Å². The van der Waals surface area contributed by atoms with Crippen LogP contribution in [0.25, 0.3) is 0 Å². The number of carbonyl (C=O) groups is 1. The van der Waals surface area contributed by atoms with Crippen LogP contribution in [0.15, 0.2) is 5.38 Å². The predicted octanol–water partition coefficient (Wildman–Crippen LogP) is 3.39. The van der Waals surface area contributed by atoms with Crippen molar-refractivity contribution in [2.24, 2.45) is 5.73 Å². The molecule has 22 heavy (non-hydrogen) atoms. The van der Waals surface area contributed by atoms with Crippen LogP contribution in [0.4, 0.5) is 13.2 Å². The van der Waals surface area contributed by atoms with E-state index in [-0.39, 0.29) is 10.9 Å². The average molecular weight is 335 g/mol. The molecule has 1 saturated carbocycles. The maximum absolute atomic E-state index is 12.6. The highest BCUT2D eigenvalue weighted by atomic mass is 32.1. The Kier molecular flexibility index (Phi) is 5.11. The predicted molar refractivity (Wildman–Crippen MR) is 78.3 cm³/mol. The van der Waals surface area contributed by atoms with E-state index >= 15 is 0 Å². The van der Waals surface area contributed by atoms with Crippen LogP contribution in [0.5, 0.6) is 0 Å². The van der Waals surface area contributed by atoms with Crippen LogP contribution in [-0.2, 0) is 11.0 Å². The molecule has 1 unspecified atom stereocenters. The van der Waals surface area contributed by atoms with Crippen molar-refractivity contribution in [2.45, 2.75) is 63.2 Å². The number of nitrogens with one attached hydrogen (secondary N) is 1. The summed E-state index contributed by atoms with van der Waals surface area (Å²) < 4.78 is 37.9. The average Bonchev–Trinajstić information content (AvgIpc) is 2.95. The molecular weight excluding hydrogens is 315 g/mol. The third-order valence-corrected chi connectivity index (χ3v) is 4.98. The first-order chi connectivity index (χ1) is 10.3. The molecule has 2 rings (SSSR count). The van der Waals surface area contributed by atoms with Crippen molar-refractivity contribution in [2.75, 3.05) is 0 Å². The van der Waals surface area contributed by atoms with Crippen LogP contribution < -0.4 is 11.1 Å². The highest BCUT2D eigenvalue weighted by molar-refractivity contribution is 7.09. The summed E-state index contributed by atoms with van der Waals surface area (Å²) in [6, 6.07) is -0.532. The van der Waals surface area contributed by atoms with Crippen molar-refractivity contribution in [3.8, 4) is 0 Å². The Hall–Kier alpha value is -1.15. The number of nitrogens with zero attached hydrogens (tertiary/aromatic N) is 1. The van der Waals surface area contributed by atoms with Gasteiger partial charge in [-0.15, -0.1) is 11.3 Å². The summed E-state index contributed by atoms with van der Waals surface area (Å²) >= 11 is 0.910. The van der Waals surface area contributed by atoms with Crippen LogP contribution in [-0.4, -0.2) is 16.4 Å². The molecule has 1 aliphatic rings. The van der Waals surface area contributed by atoms with Crippen molar-refractivity contribution in [3.63, 3.8) is 0 Å². The van der Waals surface area contributed by atoms with E-state index in [0.717, 1.165) is 36.0 Å². The molecule has 1 fully saturated rings. The van der Waals surface area contributed by atoms with Crippen molar-refractivity contribution in [1.29, 1.82) is 0 Å². The number of rotatable bonds is 4. The fourth-order valence-corrected chi connectivity index (χ4v) is 3.59. The minimum atomic E-state index is -4.46. The zero-order valence-electron chi connectivity index (χ0n) is 12.4. The first kappa shape index (κ1) is 17.2. The topological polar surface area (TPSA) is 68.0 Å². The molecule has 0 radical (unpaired) electrons. The van der Waals surface area contributed by atoms with E-state index in [1.807, 2.05) is 0 Å². The number of alkyl halides is 3. The Balaban J connectivity index is 2.08. The lowest BCUT2D eigenvalue weighted by Crippen LogP contribution is -2.55. The maximum atomic E-state index is 12.6. The van der Waals surface area contributed by atoms with E-state index in [1.165, 1.54) is 0 Å². The number of hydrogen-bond donors (Lipinski definition) is 2. The molecule has 3 N–H and O–H groups in total. The summed E-state index contributed by atoms with van der Waals surface area (Å²) in [7, 11) is 0. The lowest BCUT2D eigenvalue weighted by atomic mass is 9.81. The number of carbonyl (C=O) groups excluding carboxylic acids is 1. The summed E-state index contributed by atoms with van der Waals surface area (Å²) in [5, 5.41) is 4.02. The van der Waals surface area contributed by atoms with Gasteiger partial charge in [0.2, 0.25) is 5.91 Å². The molecule has 124 valence electrons. The van der Waals surface area contributed by atoms with Gasteiger partial charge in [0.15, 0.2) is 5.69 Å². The highest BCUT2D eigenvalue weighted by Crippen LogP contribution is 2.33. The van der Waals surface area contributed by atoms with Crippen LogP contribution in [0, 0.1) is 0 Å². The minimum absolute atomic E-state index is 0.266. The van der Waals surface area contributed by atoms with Gasteiger partial charge < -0.3 is 11.1 Å². The number of aromatic nitrogens is 1. The van der Waals surface area contributed by atoms with Crippen LogP contribution in [0.1, 0.15) is 62.2 Å². The summed E-state index contributed by atoms with van der Waals surface area (Å²) in [6.07, 6.45) is 0.0846. The second kappa shape index (κ2) is 6.54. The van der Waals surface area contributed by atoms with Crippen LogP contribution in [0.2, 0.25) is 0 Å². The van der Waals surface area contributed by atoms with Crippen molar-refractivity contribution < 1.29 is 18.0 Å². The van der Waals surface area contributed by atoms with Gasteiger partial charge in [-0.05, 0) is 19.3 Å². The van der Waals surface area contributed by atoms with E-state index in [0.29, 0.717) is 19.3 Å². The molecule has 8 heteroatoms. The van der Waals surface area contributed by atoms with Crippen LogP contribution in [0.3, 0.4) is 0 Å². The number of amides is 1. The number of hydrogen-bond acceptors (Lipinski definition) is 4. The summed E-state index contributed by atoms with van der Waals surface area (Å²) in [6.45, 7) is 1.80. The minimum Gasteiger partial charge on any atom is -0.345 e. The lowest BCUT2D eigenvalue weighted by molar-refractivity contribution is -0.140. The molecule has 1 aromatic heterocycles. The molecule has 0 aromatic carbocycles. The molecule has 1 heterocycles. The zero-order valence-corrected chi connectivity index (χ0v) is 13.2. The first-order valence-corrected chi connectivity index (χ1v) is 8.26. The van der Waals surface area contributed by atoms with Gasteiger partial charge in [0.1, 0.15) is 5.01 Å². The number of thiazole rings is 1. The number of nitrogens with two attached hydrogens (primary N) is 1. The van der Waals surface area contributed by atoms with E-state index < -0.39 is 23.5 Å². The molecule has 0 aliphatic heterocycles. The second-order valence-electron chi connectivity index (χ2n) is 5.72. The number of halogens is 3. The van der Waals surface area contributed by atoms with Crippen molar-refractivity contribution in [1.82, 2.24) is 10.3 Å². The van der Waals surface area contributed by atoms with Crippen LogP contribution >= 0.6 is 11.3 Å². The van der Waals surface area contributed by atoms with Gasteiger partial charge in [-0.2, -0.15) is 13.2 Å². The van der Waals surface area contributed by atoms with Gasteiger partial charge >= 0.3 is 6.18 Å². The van der Waals surface area contributed by atoms with Gasteiger partial charge in [0.05, 0.1) is 11.6 Å². The highest BCUT2D eigenvalue weighted by Gasteiger charge is 2.38. The first-order valence-electron chi connectivity index (χ1n) is 7.39. The fourth-order valence-electron chi connectivity index (χ4n) is 2.63. The molecule has 1 amide bonds. The summed E-state index contributed by atoms with van der Waals surface area (Å²) in [5.41, 5.74) is 4.33. The molecular formula is C14H20F3N3OS. The van der Waals surface area contributed by atoms with Gasteiger partial charge in [-0.1, -0.05) is 26.2 Å². The zero-order chi connectivity index (χ0) is 16.4. The Morgan fingerprint density at radius 3 is 2.59 bits per heavy atom. The third-order valence-electron chi connectivity index (χ3n) is 4.02. The third kappa shape index (κ3) is 3.78. The SMILES string of the molecule is CCC(NC(=O)C1(N)CCCCC1)c1nc(C(F)(F)F)cs1. The second-order valence-corrected chi connectivity index (χ2v) is 6.61. The standard InChI is InChI=1S/C14H20F3N3OS/c1-2-9(11-20-10(8-22-11)14(15,16)17)19-12(21)13(18)6-4-3-5-7-13/h8-9H,2-7,18H2,1H3,(H,19,21). The quantitative estimate of drug-likeness (QED) is 0.886. The van der Waals surface area contributed by atoms with E-state index in [4.69, 9.17) is 5.73 Å². The summed E-state index contributed by atoms with van der Waals surface area (Å²) in [5.74, 6) is -0.289. The normalized spacial score (nSPS) is 19.7. The Bertz CT molecular complexity index is 524. The van der Waals surface area contributed by atoms with Crippen molar-refractivity contribution >= 4 is 17.2 Å². The monoisotopic (exact) mass is 335 g/mol. The van der Waals surface area contributed by atoms with Gasteiger partial charge in [-0.25, -0.2) is 4.98 Å². The Morgan fingerprint density at radius 1 is 1.45 bits per heavy atom. The Morgan fingerprint density at radius 2 is 2.09 bits per heavy atom. The molecule has 1 aromatic rings. The van der Waals surface area contributed by atoms with Crippen molar-refractivity contribution in [3.05, 3.63) is 16.1 Å². The molecule has 0 bridgehead atoms. The van der Waals surface area contributed by atoms with Gasteiger partial charge in [0, 0.05) is 5.38 Å². The maximum Gasteiger partial charge on any atom is 0.434 e. The molecule has 4 nitrogen and oxygen atoms in total. The smallest absolute Gasteiger partial charge is 0.345 e. The molecule has 0 spiro atoms. The van der Waals surface area contributed by atoms with E-state index in [2.05, 4.69) is 10.3 Å². The fraction of sp³-hybridized carbons (Fsp3) is 0.714. The molecule has 1 aliphatic carbocycles. The van der Waals surface area contributed by atoms with Gasteiger partial charge in [0.25, 0.3) is 0 Å².